The van der Waals surface area contributed by atoms with Gasteiger partial charge in [-0.15, -0.1) is 0 Å². The van der Waals surface area contributed by atoms with Crippen molar-refractivity contribution in [1.82, 2.24) is 5.32 Å². The molecule has 1 aromatic rings. The van der Waals surface area contributed by atoms with Gasteiger partial charge in [0.1, 0.15) is 0 Å². The summed E-state index contributed by atoms with van der Waals surface area (Å²) >= 11 is 0. The lowest BCUT2D eigenvalue weighted by Crippen LogP contribution is -2.43. The van der Waals surface area contributed by atoms with Crippen LogP contribution in [0.25, 0.3) is 0 Å². The predicted octanol–water partition coefficient (Wildman–Crippen LogP) is 1.45. The van der Waals surface area contributed by atoms with Crippen molar-refractivity contribution in [2.45, 2.75) is 12.5 Å². The van der Waals surface area contributed by atoms with Gasteiger partial charge in [0.25, 0.3) is 0 Å². The highest BCUT2D eigenvalue weighted by molar-refractivity contribution is 6.60. The molecule has 0 unspecified atom stereocenters. The normalized spacial score (nSPS) is 11.2. The minimum atomic E-state index is -2.65. The lowest BCUT2D eigenvalue weighted by atomic mass is 10.3. The summed E-state index contributed by atoms with van der Waals surface area (Å²) in [6.07, 6.45) is -0.163. The first-order valence-electron chi connectivity index (χ1n) is 6.60. The summed E-state index contributed by atoms with van der Waals surface area (Å²) in [5.74, 6) is -0.963. The van der Waals surface area contributed by atoms with E-state index in [1.165, 1.54) is 39.5 Å². The van der Waals surface area contributed by atoms with E-state index in [1.54, 1.807) is 0 Å². The van der Waals surface area contributed by atoms with E-state index in [-0.39, 0.29) is 11.5 Å². The number of hydrogen-bond donors (Lipinski definition) is 3. The second kappa shape index (κ2) is 8.59. The van der Waals surface area contributed by atoms with E-state index >= 15 is 0 Å². The number of nitrogens with one attached hydrogen (secondary N) is 1. The lowest BCUT2D eigenvalue weighted by molar-refractivity contribution is 0.123. The van der Waals surface area contributed by atoms with Crippen LogP contribution in [0.3, 0.4) is 0 Å². The fourth-order valence-electron chi connectivity index (χ4n) is 1.78. The summed E-state index contributed by atoms with van der Waals surface area (Å²) in [5.41, 5.74) is 0. The maximum atomic E-state index is 11.6. The van der Waals surface area contributed by atoms with Crippen LogP contribution in [-0.2, 0) is 13.3 Å². The number of carbonyl (C=O) groups is 1. The maximum absolute atomic E-state index is 11.6. The molecule has 0 saturated carbocycles. The first kappa shape index (κ1) is 18.2. The molecule has 0 fully saturated rings. The van der Waals surface area contributed by atoms with E-state index < -0.39 is 20.6 Å². The number of ether oxygens (including phenoxy) is 1. The quantitative estimate of drug-likeness (QED) is 0.376. The van der Waals surface area contributed by atoms with Crippen LogP contribution in [-0.4, -0.2) is 53.0 Å². The molecule has 0 radical (unpaired) electrons. The second-order valence-corrected chi connectivity index (χ2v) is 7.43. The van der Waals surface area contributed by atoms with Crippen molar-refractivity contribution in [3.8, 4) is 17.2 Å². The molecular weight excluding hydrogens is 310 g/mol. The van der Waals surface area contributed by atoms with Crippen LogP contribution in [0.2, 0.25) is 6.04 Å². The maximum Gasteiger partial charge on any atom is 0.500 e. The van der Waals surface area contributed by atoms with E-state index in [1.807, 2.05) is 0 Å². The molecule has 0 spiro atoms. The predicted molar refractivity (Wildman–Crippen MR) is 80.0 cm³/mol. The van der Waals surface area contributed by atoms with Crippen LogP contribution in [0.1, 0.15) is 6.42 Å². The Morgan fingerprint density at radius 3 is 2.41 bits per heavy atom. The molecule has 0 bridgehead atoms. The van der Waals surface area contributed by atoms with E-state index in [0.29, 0.717) is 19.0 Å². The Balaban J connectivity index is 2.39. The van der Waals surface area contributed by atoms with Crippen LogP contribution < -0.4 is 10.1 Å². The zero-order chi connectivity index (χ0) is 16.6. The first-order valence-corrected chi connectivity index (χ1v) is 8.53. The summed E-state index contributed by atoms with van der Waals surface area (Å²) in [4.78, 5) is 11.6. The van der Waals surface area contributed by atoms with Gasteiger partial charge in [0.15, 0.2) is 11.5 Å². The van der Waals surface area contributed by atoms with Gasteiger partial charge < -0.3 is 33.5 Å². The van der Waals surface area contributed by atoms with Crippen LogP contribution in [0.4, 0.5) is 4.79 Å². The molecular formula is C13H21NO7Si. The van der Waals surface area contributed by atoms with Crippen molar-refractivity contribution in [3.63, 3.8) is 0 Å². The van der Waals surface area contributed by atoms with Crippen LogP contribution >= 0.6 is 0 Å². The first-order chi connectivity index (χ1) is 10.5. The molecule has 0 aliphatic rings. The van der Waals surface area contributed by atoms with Gasteiger partial charge in [0, 0.05) is 33.9 Å². The number of benzene rings is 1. The molecule has 1 aromatic carbocycles. The number of rotatable bonds is 8. The Morgan fingerprint density at radius 1 is 1.18 bits per heavy atom. The van der Waals surface area contributed by atoms with E-state index in [2.05, 4.69) is 5.32 Å². The molecule has 0 aliphatic heterocycles. The van der Waals surface area contributed by atoms with Gasteiger partial charge in [-0.05, 0) is 18.6 Å². The fourth-order valence-corrected chi connectivity index (χ4v) is 3.50. The minimum absolute atomic E-state index is 0.119. The molecule has 9 heteroatoms. The molecule has 124 valence electrons. The van der Waals surface area contributed by atoms with Gasteiger partial charge in [0.05, 0.1) is 0 Å². The Morgan fingerprint density at radius 2 is 1.82 bits per heavy atom. The van der Waals surface area contributed by atoms with Gasteiger partial charge in [-0.3, -0.25) is 0 Å². The fraction of sp³-hybridized carbons (Fsp3) is 0.462. The minimum Gasteiger partial charge on any atom is -0.504 e. The summed E-state index contributed by atoms with van der Waals surface area (Å²) < 4.78 is 20.7. The van der Waals surface area contributed by atoms with Gasteiger partial charge in [0.2, 0.25) is 5.75 Å². The number of amides is 1. The van der Waals surface area contributed by atoms with E-state index in [9.17, 15) is 15.0 Å². The van der Waals surface area contributed by atoms with Crippen molar-refractivity contribution >= 4 is 14.9 Å². The third kappa shape index (κ3) is 4.88. The molecule has 0 saturated heterocycles. The molecule has 22 heavy (non-hydrogen) atoms. The summed E-state index contributed by atoms with van der Waals surface area (Å²) in [7, 11) is 1.91. The van der Waals surface area contributed by atoms with E-state index in [0.717, 1.165) is 0 Å². The molecule has 0 atom stereocenters. The average molecular weight is 331 g/mol. The summed E-state index contributed by atoms with van der Waals surface area (Å²) in [5, 5.41) is 21.3. The molecule has 0 aromatic heterocycles. The average Bonchev–Trinajstić information content (AvgIpc) is 2.53. The van der Waals surface area contributed by atoms with Crippen molar-refractivity contribution < 1.29 is 33.0 Å². The monoisotopic (exact) mass is 331 g/mol. The third-order valence-corrected chi connectivity index (χ3v) is 5.87. The van der Waals surface area contributed by atoms with Gasteiger partial charge >= 0.3 is 14.9 Å². The molecule has 1 amide bonds. The van der Waals surface area contributed by atoms with Crippen molar-refractivity contribution in [3.05, 3.63) is 18.2 Å². The van der Waals surface area contributed by atoms with Crippen LogP contribution in [0, 0.1) is 0 Å². The topological polar surface area (TPSA) is 106 Å². The summed E-state index contributed by atoms with van der Waals surface area (Å²) in [6.45, 7) is 0.323. The number of phenols is 2. The van der Waals surface area contributed by atoms with Crippen molar-refractivity contribution in [2.75, 3.05) is 27.9 Å². The zero-order valence-corrected chi connectivity index (χ0v) is 13.8. The van der Waals surface area contributed by atoms with Gasteiger partial charge in [-0.25, -0.2) is 4.79 Å². The number of phenolic OH excluding ortho intramolecular Hbond substituents is 2. The Bertz CT molecular complexity index is 485. The van der Waals surface area contributed by atoms with Crippen LogP contribution in [0.5, 0.6) is 17.2 Å². The Hall–Kier alpha value is -1.81. The number of aromatic hydroxyl groups is 2. The Kier molecular flexibility index (Phi) is 7.12. The molecule has 0 aliphatic carbocycles. The largest absolute Gasteiger partial charge is 0.504 e. The smallest absolute Gasteiger partial charge is 0.500 e. The van der Waals surface area contributed by atoms with Gasteiger partial charge in [-0.1, -0.05) is 6.07 Å². The molecule has 3 N–H and O–H groups in total. The van der Waals surface area contributed by atoms with E-state index in [4.69, 9.17) is 18.0 Å². The van der Waals surface area contributed by atoms with Crippen LogP contribution in [0.15, 0.2) is 18.2 Å². The molecule has 1 rings (SSSR count). The standard InChI is InChI=1S/C13H21NO7Si/c1-18-22(19-2,20-3)9-5-8-14-13(17)21-11-7-4-6-10(15)12(11)16/h4,6-7,15-16H,5,8-9H2,1-3H3,(H,14,17). The van der Waals surface area contributed by atoms with Crippen molar-refractivity contribution in [1.29, 1.82) is 0 Å². The number of hydrogen-bond acceptors (Lipinski definition) is 7. The second-order valence-electron chi connectivity index (χ2n) is 4.34. The highest BCUT2D eigenvalue weighted by Crippen LogP contribution is 2.34. The van der Waals surface area contributed by atoms with Gasteiger partial charge in [-0.2, -0.15) is 0 Å². The third-order valence-electron chi connectivity index (χ3n) is 3.04. The van der Waals surface area contributed by atoms with Crippen molar-refractivity contribution in [2.24, 2.45) is 0 Å². The zero-order valence-electron chi connectivity index (χ0n) is 12.8. The lowest BCUT2D eigenvalue weighted by Gasteiger charge is -2.24. The Labute approximate surface area is 129 Å². The molecule has 8 nitrogen and oxygen atoms in total. The summed E-state index contributed by atoms with van der Waals surface area (Å²) in [6, 6.07) is 4.64. The number of carbonyl (C=O) groups excluding carboxylic acids is 1. The SMILES string of the molecule is CO[Si](CCCNC(=O)Oc1cccc(O)c1O)(OC)OC. The molecule has 0 heterocycles. The highest BCUT2D eigenvalue weighted by Gasteiger charge is 2.36. The number of para-hydroxylation sites is 1. The highest BCUT2D eigenvalue weighted by atomic mass is 28.4.